The molecule has 0 spiro atoms. The van der Waals surface area contributed by atoms with Crippen LogP contribution in [0, 0.1) is 5.92 Å². The molecule has 0 unspecified atom stereocenters. The van der Waals surface area contributed by atoms with E-state index in [1.54, 1.807) is 0 Å². The van der Waals surface area contributed by atoms with Crippen LogP contribution < -0.4 is 5.73 Å². The largest absolute Gasteiger partial charge is 0.325 e. The van der Waals surface area contributed by atoms with Crippen LogP contribution in [0.4, 0.5) is 0 Å². The first-order valence-electron chi connectivity index (χ1n) is 4.10. The van der Waals surface area contributed by atoms with Crippen LogP contribution in [0.1, 0.15) is 13.8 Å². The van der Waals surface area contributed by atoms with Crippen molar-refractivity contribution in [2.45, 2.75) is 19.9 Å². The highest BCUT2D eigenvalue weighted by Gasteiger charge is 2.25. The molecule has 1 aliphatic rings. The van der Waals surface area contributed by atoms with Gasteiger partial charge in [-0.05, 0) is 0 Å². The van der Waals surface area contributed by atoms with Gasteiger partial charge < -0.3 is 5.73 Å². The molecule has 3 heteroatoms. The number of ketones is 1. The number of hydrogen-bond donors (Lipinski definition) is 1. The molecule has 1 fully saturated rings. The van der Waals surface area contributed by atoms with Crippen LogP contribution in [0.5, 0.6) is 0 Å². The van der Waals surface area contributed by atoms with Crippen molar-refractivity contribution in [3.63, 3.8) is 0 Å². The van der Waals surface area contributed by atoms with Crippen LogP contribution in [-0.4, -0.2) is 36.4 Å². The molecular formula is C8H16N2O. The topological polar surface area (TPSA) is 46.3 Å². The smallest absolute Gasteiger partial charge is 0.149 e. The van der Waals surface area contributed by atoms with Gasteiger partial charge in [-0.1, -0.05) is 13.8 Å². The normalized spacial score (nSPS) is 20.4. The lowest BCUT2D eigenvalue weighted by atomic mass is 10.1. The molecule has 0 aromatic carbocycles. The molecule has 1 saturated heterocycles. The molecule has 0 atom stereocenters. The Morgan fingerprint density at radius 3 is 2.55 bits per heavy atom. The Balaban J connectivity index is 2.17. The molecule has 2 N–H and O–H groups in total. The monoisotopic (exact) mass is 156 g/mol. The van der Waals surface area contributed by atoms with E-state index < -0.39 is 0 Å². The first-order valence-corrected chi connectivity index (χ1v) is 4.10. The van der Waals surface area contributed by atoms with Crippen molar-refractivity contribution in [3.05, 3.63) is 0 Å². The van der Waals surface area contributed by atoms with Gasteiger partial charge in [0.1, 0.15) is 5.78 Å². The fourth-order valence-corrected chi connectivity index (χ4v) is 1.14. The van der Waals surface area contributed by atoms with Gasteiger partial charge in [0.05, 0.1) is 6.54 Å². The summed E-state index contributed by atoms with van der Waals surface area (Å²) in [5.74, 6) is 0.476. The Morgan fingerprint density at radius 1 is 1.64 bits per heavy atom. The number of Topliss-reactive ketones (excluding diaryl/α,β-unsaturated/α-hetero) is 1. The maximum absolute atomic E-state index is 11.2. The number of nitrogens with two attached hydrogens (primary N) is 1. The molecular weight excluding hydrogens is 140 g/mol. The van der Waals surface area contributed by atoms with Crippen LogP contribution in [0.15, 0.2) is 0 Å². The van der Waals surface area contributed by atoms with E-state index >= 15 is 0 Å². The second-order valence-electron chi connectivity index (χ2n) is 3.58. The molecule has 11 heavy (non-hydrogen) atoms. The summed E-state index contributed by atoms with van der Waals surface area (Å²) >= 11 is 0. The van der Waals surface area contributed by atoms with E-state index in [9.17, 15) is 4.79 Å². The van der Waals surface area contributed by atoms with Crippen molar-refractivity contribution in [2.75, 3.05) is 19.6 Å². The summed E-state index contributed by atoms with van der Waals surface area (Å²) in [6, 6.07) is 0.301. The van der Waals surface area contributed by atoms with Gasteiger partial charge in [-0.3, -0.25) is 9.69 Å². The van der Waals surface area contributed by atoms with Crippen molar-refractivity contribution < 1.29 is 4.79 Å². The number of rotatable bonds is 3. The minimum Gasteiger partial charge on any atom is -0.325 e. The van der Waals surface area contributed by atoms with Crippen LogP contribution in [0.25, 0.3) is 0 Å². The van der Waals surface area contributed by atoms with Gasteiger partial charge in [-0.25, -0.2) is 0 Å². The minimum atomic E-state index is 0.159. The number of nitrogens with zero attached hydrogens (tertiary/aromatic N) is 1. The highest BCUT2D eigenvalue weighted by Crippen LogP contribution is 2.06. The zero-order valence-electron chi connectivity index (χ0n) is 7.21. The quantitative estimate of drug-likeness (QED) is 0.618. The number of likely N-dealkylation sites (tertiary alicyclic amines) is 1. The van der Waals surface area contributed by atoms with E-state index in [0.717, 1.165) is 13.1 Å². The number of carbonyl (C=O) groups excluding carboxylic acids is 1. The molecule has 0 aliphatic carbocycles. The second kappa shape index (κ2) is 3.32. The van der Waals surface area contributed by atoms with E-state index in [2.05, 4.69) is 4.90 Å². The molecule has 64 valence electrons. The Morgan fingerprint density at radius 2 is 2.18 bits per heavy atom. The first kappa shape index (κ1) is 8.68. The van der Waals surface area contributed by atoms with Gasteiger partial charge in [0.25, 0.3) is 0 Å². The summed E-state index contributed by atoms with van der Waals surface area (Å²) in [7, 11) is 0. The summed E-state index contributed by atoms with van der Waals surface area (Å²) in [5.41, 5.74) is 5.57. The van der Waals surface area contributed by atoms with E-state index in [1.165, 1.54) is 0 Å². The van der Waals surface area contributed by atoms with Gasteiger partial charge in [-0.2, -0.15) is 0 Å². The number of hydrogen-bond acceptors (Lipinski definition) is 3. The number of carbonyl (C=O) groups is 1. The molecule has 0 amide bonds. The van der Waals surface area contributed by atoms with Crippen molar-refractivity contribution in [3.8, 4) is 0 Å². The maximum atomic E-state index is 11.2. The fourth-order valence-electron chi connectivity index (χ4n) is 1.14. The summed E-state index contributed by atoms with van der Waals surface area (Å²) in [5, 5.41) is 0. The van der Waals surface area contributed by atoms with Gasteiger partial charge >= 0.3 is 0 Å². The molecule has 0 aromatic heterocycles. The van der Waals surface area contributed by atoms with Gasteiger partial charge in [-0.15, -0.1) is 0 Å². The van der Waals surface area contributed by atoms with E-state index in [0.29, 0.717) is 18.4 Å². The second-order valence-corrected chi connectivity index (χ2v) is 3.58. The van der Waals surface area contributed by atoms with Crippen molar-refractivity contribution in [2.24, 2.45) is 11.7 Å². The average molecular weight is 156 g/mol. The van der Waals surface area contributed by atoms with E-state index in [1.807, 2.05) is 13.8 Å². The minimum absolute atomic E-state index is 0.159. The Hall–Kier alpha value is -0.410. The van der Waals surface area contributed by atoms with Crippen molar-refractivity contribution >= 4 is 5.78 Å². The van der Waals surface area contributed by atoms with E-state index in [4.69, 9.17) is 5.73 Å². The third kappa shape index (κ3) is 2.27. The highest BCUT2D eigenvalue weighted by molar-refractivity contribution is 5.82. The van der Waals surface area contributed by atoms with Gasteiger partial charge in [0, 0.05) is 25.0 Å². The van der Waals surface area contributed by atoms with Gasteiger partial charge in [0.15, 0.2) is 0 Å². The predicted octanol–water partition coefficient (Wildman–Crippen LogP) is -0.146. The molecule has 1 rings (SSSR count). The summed E-state index contributed by atoms with van der Waals surface area (Å²) < 4.78 is 0. The van der Waals surface area contributed by atoms with Gasteiger partial charge in [0.2, 0.25) is 0 Å². The summed E-state index contributed by atoms with van der Waals surface area (Å²) in [4.78, 5) is 13.3. The molecule has 0 saturated carbocycles. The fraction of sp³-hybridized carbons (Fsp3) is 0.875. The standard InChI is InChI=1S/C8H16N2O/c1-6(2)8(11)5-10-3-7(9)4-10/h6-7H,3-5,9H2,1-2H3. The lowest BCUT2D eigenvalue weighted by Gasteiger charge is -2.36. The predicted molar refractivity (Wildman–Crippen MR) is 44.3 cm³/mol. The molecule has 0 aromatic rings. The molecule has 1 heterocycles. The highest BCUT2D eigenvalue weighted by atomic mass is 16.1. The van der Waals surface area contributed by atoms with Crippen LogP contribution in [0.2, 0.25) is 0 Å². The summed E-state index contributed by atoms with van der Waals surface area (Å²) in [6.07, 6.45) is 0. The lowest BCUT2D eigenvalue weighted by Crippen LogP contribution is -2.57. The Bertz CT molecular complexity index is 150. The van der Waals surface area contributed by atoms with Crippen LogP contribution in [-0.2, 0) is 4.79 Å². The molecule has 1 aliphatic heterocycles. The average Bonchev–Trinajstić information content (AvgIpc) is 1.84. The molecule has 3 nitrogen and oxygen atoms in total. The Kier molecular flexibility index (Phi) is 2.62. The SMILES string of the molecule is CC(C)C(=O)CN1CC(N)C1. The van der Waals surface area contributed by atoms with Crippen molar-refractivity contribution in [1.82, 2.24) is 4.90 Å². The van der Waals surface area contributed by atoms with E-state index in [-0.39, 0.29) is 5.92 Å². The third-order valence-electron chi connectivity index (χ3n) is 2.01. The lowest BCUT2D eigenvalue weighted by molar-refractivity contribution is -0.124. The maximum Gasteiger partial charge on any atom is 0.149 e. The molecule has 0 bridgehead atoms. The van der Waals surface area contributed by atoms with Crippen LogP contribution in [0.3, 0.4) is 0 Å². The zero-order chi connectivity index (χ0) is 8.43. The van der Waals surface area contributed by atoms with Crippen molar-refractivity contribution in [1.29, 1.82) is 0 Å². The third-order valence-corrected chi connectivity index (χ3v) is 2.01. The Labute approximate surface area is 67.5 Å². The zero-order valence-corrected chi connectivity index (χ0v) is 7.21. The van der Waals surface area contributed by atoms with Crippen LogP contribution >= 0.6 is 0 Å². The first-order chi connectivity index (χ1) is 5.09. The molecule has 0 radical (unpaired) electrons. The summed E-state index contributed by atoms with van der Waals surface area (Å²) in [6.45, 7) is 6.23.